The molecule has 0 saturated heterocycles. The summed E-state index contributed by atoms with van der Waals surface area (Å²) in [4.78, 5) is 18.7. The van der Waals surface area contributed by atoms with E-state index in [-0.39, 0.29) is 11.6 Å². The van der Waals surface area contributed by atoms with Crippen molar-refractivity contribution in [2.75, 3.05) is 0 Å². The first kappa shape index (κ1) is 11.5. The van der Waals surface area contributed by atoms with Gasteiger partial charge < -0.3 is 5.11 Å². The minimum atomic E-state index is -1.11. The lowest BCUT2D eigenvalue weighted by Crippen LogP contribution is -2.09. The summed E-state index contributed by atoms with van der Waals surface area (Å²) in [7, 11) is 0. The predicted octanol–water partition coefficient (Wildman–Crippen LogP) is 1.63. The molecule has 0 amide bonds. The van der Waals surface area contributed by atoms with E-state index < -0.39 is 5.97 Å². The number of nitrogens with zero attached hydrogens (tertiary/aromatic N) is 4. The molecule has 0 aliphatic carbocycles. The van der Waals surface area contributed by atoms with E-state index in [1.807, 2.05) is 0 Å². The minimum absolute atomic E-state index is 0.0846. The molecular formula is C10H9ClN4O2. The second kappa shape index (κ2) is 4.14. The van der Waals surface area contributed by atoms with Gasteiger partial charge in [0.05, 0.1) is 16.4 Å². The molecule has 6 nitrogen and oxygen atoms in total. The maximum absolute atomic E-state index is 10.8. The first-order chi connectivity index (χ1) is 8.00. The molecule has 2 rings (SSSR count). The summed E-state index contributed by atoms with van der Waals surface area (Å²) in [6, 6.07) is 1.32. The van der Waals surface area contributed by atoms with E-state index in [1.165, 1.54) is 16.9 Å². The number of aromatic nitrogens is 4. The van der Waals surface area contributed by atoms with Gasteiger partial charge in [-0.25, -0.2) is 19.4 Å². The fourth-order valence-electron chi connectivity index (χ4n) is 1.39. The maximum atomic E-state index is 10.8. The lowest BCUT2D eigenvalue weighted by Gasteiger charge is -2.02. The fourth-order valence-corrected chi connectivity index (χ4v) is 1.51. The molecule has 0 aliphatic heterocycles. The highest BCUT2D eigenvalue weighted by molar-refractivity contribution is 6.31. The van der Waals surface area contributed by atoms with Gasteiger partial charge in [0.2, 0.25) is 0 Å². The van der Waals surface area contributed by atoms with Gasteiger partial charge in [0.25, 0.3) is 5.95 Å². The molecule has 1 N–H and O–H groups in total. The standard InChI is InChI=1S/C10H9ClN4O2/c1-5-8(11)6(2)15(14-5)10-12-4-3-7(13-10)9(16)17/h3-4H,1-2H3,(H,16,17). The Kier molecular flexibility index (Phi) is 2.81. The SMILES string of the molecule is Cc1nn(-c2nccc(C(=O)O)n2)c(C)c1Cl. The van der Waals surface area contributed by atoms with Gasteiger partial charge in [-0.1, -0.05) is 11.6 Å². The molecule has 0 unspecified atom stereocenters. The number of carbonyl (C=O) groups is 1. The molecule has 88 valence electrons. The van der Waals surface area contributed by atoms with Gasteiger partial charge in [-0.3, -0.25) is 0 Å². The van der Waals surface area contributed by atoms with Crippen molar-refractivity contribution in [3.63, 3.8) is 0 Å². The third kappa shape index (κ3) is 1.99. The summed E-state index contributed by atoms with van der Waals surface area (Å²) in [6.45, 7) is 3.52. The minimum Gasteiger partial charge on any atom is -0.477 e. The smallest absolute Gasteiger partial charge is 0.354 e. The molecule has 7 heteroatoms. The second-order valence-corrected chi connectivity index (χ2v) is 3.82. The molecule has 0 saturated carbocycles. The molecule has 17 heavy (non-hydrogen) atoms. The quantitative estimate of drug-likeness (QED) is 0.879. The second-order valence-electron chi connectivity index (χ2n) is 3.44. The third-order valence-electron chi connectivity index (χ3n) is 2.25. The number of aryl methyl sites for hydroxylation is 1. The zero-order chi connectivity index (χ0) is 12.6. The Morgan fingerprint density at radius 2 is 2.18 bits per heavy atom. The van der Waals surface area contributed by atoms with Crippen LogP contribution in [0.5, 0.6) is 0 Å². The van der Waals surface area contributed by atoms with Crippen LogP contribution in [0.4, 0.5) is 0 Å². The highest BCUT2D eigenvalue weighted by Crippen LogP contribution is 2.20. The normalized spacial score (nSPS) is 10.5. The number of hydrogen-bond acceptors (Lipinski definition) is 4. The Labute approximate surface area is 102 Å². The molecule has 0 aliphatic rings. The summed E-state index contributed by atoms with van der Waals surface area (Å²) in [6.07, 6.45) is 1.37. The van der Waals surface area contributed by atoms with Crippen molar-refractivity contribution in [1.82, 2.24) is 19.7 Å². The van der Waals surface area contributed by atoms with Crippen molar-refractivity contribution in [2.45, 2.75) is 13.8 Å². The van der Waals surface area contributed by atoms with Crippen LogP contribution in [-0.4, -0.2) is 30.8 Å². The van der Waals surface area contributed by atoms with E-state index in [0.29, 0.717) is 16.4 Å². The van der Waals surface area contributed by atoms with Gasteiger partial charge in [-0.15, -0.1) is 0 Å². The number of carboxylic acid groups (broad SMARTS) is 1. The lowest BCUT2D eigenvalue weighted by atomic mass is 10.4. The van der Waals surface area contributed by atoms with Crippen LogP contribution in [0.15, 0.2) is 12.3 Å². The number of rotatable bonds is 2. The Hall–Kier alpha value is -1.95. The molecule has 2 aromatic rings. The number of hydrogen-bond donors (Lipinski definition) is 1. The van der Waals surface area contributed by atoms with Crippen molar-refractivity contribution in [3.8, 4) is 5.95 Å². The molecule has 2 heterocycles. The van der Waals surface area contributed by atoms with Crippen LogP contribution in [0.25, 0.3) is 5.95 Å². The van der Waals surface area contributed by atoms with Crippen molar-refractivity contribution in [1.29, 1.82) is 0 Å². The van der Waals surface area contributed by atoms with Gasteiger partial charge in [0.15, 0.2) is 5.69 Å². The largest absolute Gasteiger partial charge is 0.477 e. The van der Waals surface area contributed by atoms with E-state index in [1.54, 1.807) is 13.8 Å². The fraction of sp³-hybridized carbons (Fsp3) is 0.200. The van der Waals surface area contributed by atoms with Crippen LogP contribution < -0.4 is 0 Å². The van der Waals surface area contributed by atoms with Crippen LogP contribution in [0.3, 0.4) is 0 Å². The highest BCUT2D eigenvalue weighted by Gasteiger charge is 2.14. The van der Waals surface area contributed by atoms with Gasteiger partial charge in [-0.05, 0) is 19.9 Å². The van der Waals surface area contributed by atoms with Crippen molar-refractivity contribution in [2.24, 2.45) is 0 Å². The maximum Gasteiger partial charge on any atom is 0.354 e. The highest BCUT2D eigenvalue weighted by atomic mass is 35.5. The first-order valence-corrected chi connectivity index (χ1v) is 5.17. The molecule has 0 radical (unpaired) electrons. The van der Waals surface area contributed by atoms with Gasteiger partial charge in [0.1, 0.15) is 0 Å². The number of halogens is 1. The number of carboxylic acids is 1. The average molecular weight is 253 g/mol. The summed E-state index contributed by atoms with van der Waals surface area (Å²) < 4.78 is 1.42. The third-order valence-corrected chi connectivity index (χ3v) is 2.80. The molecule has 0 bridgehead atoms. The first-order valence-electron chi connectivity index (χ1n) is 4.79. The molecule has 0 fully saturated rings. The van der Waals surface area contributed by atoms with Crippen LogP contribution in [0, 0.1) is 13.8 Å². The summed E-state index contributed by atoms with van der Waals surface area (Å²) in [5, 5.41) is 13.5. The Bertz CT molecular complexity index is 594. The molecule has 0 aromatic carbocycles. The van der Waals surface area contributed by atoms with Gasteiger partial charge in [-0.2, -0.15) is 5.10 Å². The average Bonchev–Trinajstić information content (AvgIpc) is 2.57. The van der Waals surface area contributed by atoms with E-state index in [2.05, 4.69) is 15.1 Å². The molecule has 0 spiro atoms. The van der Waals surface area contributed by atoms with E-state index in [4.69, 9.17) is 16.7 Å². The lowest BCUT2D eigenvalue weighted by molar-refractivity contribution is 0.0690. The zero-order valence-electron chi connectivity index (χ0n) is 9.18. The van der Waals surface area contributed by atoms with Gasteiger partial charge >= 0.3 is 5.97 Å². The van der Waals surface area contributed by atoms with Crippen LogP contribution >= 0.6 is 11.6 Å². The van der Waals surface area contributed by atoms with Crippen LogP contribution in [-0.2, 0) is 0 Å². The van der Waals surface area contributed by atoms with E-state index in [0.717, 1.165) is 0 Å². The summed E-state index contributed by atoms with van der Waals surface area (Å²) in [5.41, 5.74) is 1.24. The van der Waals surface area contributed by atoms with Crippen molar-refractivity contribution >= 4 is 17.6 Å². The molecular weight excluding hydrogens is 244 g/mol. The van der Waals surface area contributed by atoms with Crippen LogP contribution in [0.1, 0.15) is 21.9 Å². The Morgan fingerprint density at radius 3 is 2.71 bits per heavy atom. The Balaban J connectivity index is 2.56. The van der Waals surface area contributed by atoms with E-state index >= 15 is 0 Å². The van der Waals surface area contributed by atoms with E-state index in [9.17, 15) is 4.79 Å². The summed E-state index contributed by atoms with van der Waals surface area (Å²) in [5.74, 6) is -0.918. The number of aromatic carboxylic acids is 1. The predicted molar refractivity (Wildman–Crippen MR) is 60.6 cm³/mol. The Morgan fingerprint density at radius 1 is 1.47 bits per heavy atom. The summed E-state index contributed by atoms with van der Waals surface area (Å²) >= 11 is 6.00. The van der Waals surface area contributed by atoms with Gasteiger partial charge in [0, 0.05) is 6.20 Å². The molecule has 2 aromatic heterocycles. The van der Waals surface area contributed by atoms with Crippen molar-refractivity contribution < 1.29 is 9.90 Å². The monoisotopic (exact) mass is 252 g/mol. The zero-order valence-corrected chi connectivity index (χ0v) is 9.93. The van der Waals surface area contributed by atoms with Crippen molar-refractivity contribution in [3.05, 3.63) is 34.4 Å². The molecule has 0 atom stereocenters. The van der Waals surface area contributed by atoms with Crippen LogP contribution in [0.2, 0.25) is 5.02 Å². The topological polar surface area (TPSA) is 80.9 Å².